The van der Waals surface area contributed by atoms with E-state index >= 15 is 0 Å². The number of nitrogens with two attached hydrogens (primary N) is 1. The molecule has 0 aromatic heterocycles. The smallest absolute Gasteiger partial charge is 0.322 e. The van der Waals surface area contributed by atoms with Gasteiger partial charge in [0.05, 0.1) is 0 Å². The number of rotatable bonds is 4. The number of carboxylic acids is 1. The first-order valence-corrected chi connectivity index (χ1v) is 2.23. The van der Waals surface area contributed by atoms with Crippen molar-refractivity contribution in [3.05, 3.63) is 12.5 Å². The average Bonchev–Trinajstić information content (AvgIpc) is 1.80. The highest BCUT2D eigenvalue weighted by atomic mass is 16.6. The molecule has 0 aliphatic heterocycles. The normalized spacial score (nSPS) is 9.44. The Kier molecular flexibility index (Phi) is 4.25. The number of nitrogens with one attached hydrogen (secondary N) is 1. The Labute approximate surface area is 52.1 Å². The van der Waals surface area contributed by atoms with E-state index in [-0.39, 0.29) is 6.54 Å². The molecule has 0 aliphatic rings. The molecule has 0 amide bonds. The largest absolute Gasteiger partial charge is 0.480 e. The molecule has 0 aromatic carbocycles. The number of carboxylic acid groups (broad SMARTS) is 1. The number of carbonyl (C=O) groups is 1. The lowest BCUT2D eigenvalue weighted by molar-refractivity contribution is -0.135. The molecule has 0 aliphatic carbocycles. The Morgan fingerprint density at radius 1 is 1.89 bits per heavy atom. The fraction of sp³-hybridized carbons (Fsp3) is 0.250. The van der Waals surface area contributed by atoms with Crippen LogP contribution in [-0.2, 0) is 9.63 Å². The summed E-state index contributed by atoms with van der Waals surface area (Å²) in [4.78, 5) is 13.8. The van der Waals surface area contributed by atoms with E-state index in [0.717, 1.165) is 6.26 Å². The topological polar surface area (TPSA) is 84.6 Å². The second kappa shape index (κ2) is 4.92. The minimum absolute atomic E-state index is 0.139. The Balaban J connectivity index is 3.09. The lowest BCUT2D eigenvalue weighted by Gasteiger charge is -1.91. The molecule has 0 fully saturated rings. The molecule has 0 unspecified atom stereocenters. The molecule has 0 saturated heterocycles. The van der Waals surface area contributed by atoms with Gasteiger partial charge < -0.3 is 15.3 Å². The minimum Gasteiger partial charge on any atom is -0.480 e. The highest BCUT2D eigenvalue weighted by Crippen LogP contribution is 1.64. The van der Waals surface area contributed by atoms with Gasteiger partial charge in [-0.2, -0.15) is 5.90 Å². The molecule has 0 bridgehead atoms. The van der Waals surface area contributed by atoms with E-state index in [4.69, 9.17) is 5.11 Å². The van der Waals surface area contributed by atoms with Crippen molar-refractivity contribution in [2.75, 3.05) is 6.54 Å². The van der Waals surface area contributed by atoms with E-state index in [1.54, 1.807) is 0 Å². The predicted octanol–water partition coefficient (Wildman–Crippen LogP) is -0.978. The second-order valence-corrected chi connectivity index (χ2v) is 1.21. The van der Waals surface area contributed by atoms with Crippen LogP contribution in [0, 0.1) is 0 Å². The van der Waals surface area contributed by atoms with Crippen molar-refractivity contribution in [2.24, 2.45) is 5.90 Å². The van der Waals surface area contributed by atoms with Crippen LogP contribution in [0.25, 0.3) is 0 Å². The number of hydrogen-bond donors (Lipinski definition) is 3. The Morgan fingerprint density at radius 3 is 3.00 bits per heavy atom. The Bertz CT molecular complexity index is 112. The van der Waals surface area contributed by atoms with Crippen molar-refractivity contribution in [3.8, 4) is 0 Å². The lowest BCUT2D eigenvalue weighted by atomic mass is 10.6. The quantitative estimate of drug-likeness (QED) is 0.338. The molecule has 0 spiro atoms. The number of aliphatic carboxylic acids is 1. The van der Waals surface area contributed by atoms with Gasteiger partial charge in [0.15, 0.2) is 0 Å². The molecule has 0 aromatic rings. The molecule has 0 radical (unpaired) electrons. The van der Waals surface area contributed by atoms with Crippen molar-refractivity contribution in [2.45, 2.75) is 0 Å². The molecule has 0 rings (SSSR count). The maximum Gasteiger partial charge on any atom is 0.322 e. The van der Waals surface area contributed by atoms with Gasteiger partial charge in [-0.1, -0.05) is 0 Å². The van der Waals surface area contributed by atoms with Crippen LogP contribution in [0.3, 0.4) is 0 Å². The van der Waals surface area contributed by atoms with E-state index in [0.29, 0.717) is 0 Å². The Morgan fingerprint density at radius 2 is 2.56 bits per heavy atom. The van der Waals surface area contributed by atoms with Crippen LogP contribution in [0.4, 0.5) is 0 Å². The maximum atomic E-state index is 9.79. The SMILES string of the molecule is NOC=CNCC(=O)O. The van der Waals surface area contributed by atoms with Crippen LogP contribution < -0.4 is 11.2 Å². The molecule has 5 nitrogen and oxygen atoms in total. The summed E-state index contributed by atoms with van der Waals surface area (Å²) in [6.07, 6.45) is 2.44. The molecule has 0 atom stereocenters. The van der Waals surface area contributed by atoms with Crippen molar-refractivity contribution >= 4 is 5.97 Å². The summed E-state index contributed by atoms with van der Waals surface area (Å²) < 4.78 is 0. The second-order valence-electron chi connectivity index (χ2n) is 1.21. The highest BCUT2D eigenvalue weighted by molar-refractivity contribution is 5.69. The molecular weight excluding hydrogens is 124 g/mol. The summed E-state index contributed by atoms with van der Waals surface area (Å²) in [6, 6.07) is 0. The molecule has 52 valence electrons. The van der Waals surface area contributed by atoms with Crippen LogP contribution in [0.5, 0.6) is 0 Å². The van der Waals surface area contributed by atoms with E-state index in [2.05, 4.69) is 16.1 Å². The van der Waals surface area contributed by atoms with Crippen molar-refractivity contribution in [1.82, 2.24) is 5.32 Å². The number of hydrogen-bond acceptors (Lipinski definition) is 4. The summed E-state index contributed by atoms with van der Waals surface area (Å²) in [7, 11) is 0. The summed E-state index contributed by atoms with van der Waals surface area (Å²) in [6.45, 7) is -0.139. The van der Waals surface area contributed by atoms with Crippen LogP contribution in [0.15, 0.2) is 12.5 Å². The van der Waals surface area contributed by atoms with Crippen molar-refractivity contribution in [3.63, 3.8) is 0 Å². The first kappa shape index (κ1) is 7.77. The van der Waals surface area contributed by atoms with E-state index in [1.807, 2.05) is 0 Å². The minimum atomic E-state index is -0.934. The van der Waals surface area contributed by atoms with E-state index in [9.17, 15) is 4.79 Å². The third-order valence-electron chi connectivity index (χ3n) is 0.518. The van der Waals surface area contributed by atoms with Gasteiger partial charge in [-0.25, -0.2) is 0 Å². The first-order valence-electron chi connectivity index (χ1n) is 2.23. The lowest BCUT2D eigenvalue weighted by Crippen LogP contribution is -2.16. The molecule has 0 heterocycles. The maximum absolute atomic E-state index is 9.79. The van der Waals surface area contributed by atoms with Crippen LogP contribution in [0.2, 0.25) is 0 Å². The van der Waals surface area contributed by atoms with Crippen molar-refractivity contribution in [1.29, 1.82) is 0 Å². The summed E-state index contributed by atoms with van der Waals surface area (Å²) in [5.41, 5.74) is 0. The van der Waals surface area contributed by atoms with E-state index < -0.39 is 5.97 Å². The van der Waals surface area contributed by atoms with Gasteiger partial charge in [-0.3, -0.25) is 4.79 Å². The zero-order chi connectivity index (χ0) is 7.11. The standard InChI is InChI=1S/C4H8N2O3/c5-9-2-1-6-3-4(7)8/h1-2,6H,3,5H2,(H,7,8). The fourth-order valence-electron chi connectivity index (χ4n) is 0.234. The first-order chi connectivity index (χ1) is 4.27. The van der Waals surface area contributed by atoms with Gasteiger partial charge in [-0.05, 0) is 0 Å². The fourth-order valence-corrected chi connectivity index (χ4v) is 0.234. The van der Waals surface area contributed by atoms with Crippen molar-refractivity contribution < 1.29 is 14.7 Å². The summed E-state index contributed by atoms with van der Waals surface area (Å²) in [5.74, 6) is 3.64. The molecule has 5 heteroatoms. The molecular formula is C4H8N2O3. The highest BCUT2D eigenvalue weighted by Gasteiger charge is 1.88. The molecule has 0 saturated carbocycles. The molecule has 4 N–H and O–H groups in total. The van der Waals surface area contributed by atoms with Crippen LogP contribution in [0.1, 0.15) is 0 Å². The van der Waals surface area contributed by atoms with Gasteiger partial charge >= 0.3 is 5.97 Å². The molecule has 9 heavy (non-hydrogen) atoms. The predicted molar refractivity (Wildman–Crippen MR) is 30.1 cm³/mol. The Hall–Kier alpha value is -1.23. The van der Waals surface area contributed by atoms with Gasteiger partial charge in [-0.15, -0.1) is 0 Å². The van der Waals surface area contributed by atoms with Gasteiger partial charge in [0, 0.05) is 6.20 Å². The van der Waals surface area contributed by atoms with Crippen LogP contribution >= 0.6 is 0 Å². The van der Waals surface area contributed by atoms with Crippen LogP contribution in [-0.4, -0.2) is 17.6 Å². The van der Waals surface area contributed by atoms with Gasteiger partial charge in [0.25, 0.3) is 0 Å². The average molecular weight is 132 g/mol. The monoisotopic (exact) mass is 132 g/mol. The summed E-state index contributed by atoms with van der Waals surface area (Å²) >= 11 is 0. The third-order valence-corrected chi connectivity index (χ3v) is 0.518. The summed E-state index contributed by atoms with van der Waals surface area (Å²) in [5, 5.41) is 10.4. The zero-order valence-corrected chi connectivity index (χ0v) is 4.70. The van der Waals surface area contributed by atoms with Gasteiger partial charge in [0.1, 0.15) is 12.8 Å². The van der Waals surface area contributed by atoms with Gasteiger partial charge in [0.2, 0.25) is 0 Å². The van der Waals surface area contributed by atoms with E-state index in [1.165, 1.54) is 6.20 Å². The zero-order valence-electron chi connectivity index (χ0n) is 4.70. The third kappa shape index (κ3) is 6.77.